The molecule has 1 heterocycles. The lowest BCUT2D eigenvalue weighted by atomic mass is 10.1. The maximum absolute atomic E-state index is 11.8. The van der Waals surface area contributed by atoms with Crippen LogP contribution in [0.2, 0.25) is 0 Å². The van der Waals surface area contributed by atoms with Crippen molar-refractivity contribution in [2.24, 2.45) is 0 Å². The molecule has 6 heteroatoms. The molecule has 1 fully saturated rings. The molecule has 108 valence electrons. The Hall–Kier alpha value is -2.08. The molecule has 0 bridgehead atoms. The van der Waals surface area contributed by atoms with Gasteiger partial charge in [0.05, 0.1) is 7.11 Å². The monoisotopic (exact) mass is 279 g/mol. The first kappa shape index (κ1) is 14.3. The van der Waals surface area contributed by atoms with Crippen molar-refractivity contribution in [3.05, 3.63) is 29.3 Å². The minimum absolute atomic E-state index is 0.0800. The van der Waals surface area contributed by atoms with Crippen molar-refractivity contribution in [3.63, 3.8) is 0 Å². The Morgan fingerprint density at radius 2 is 2.30 bits per heavy atom. The van der Waals surface area contributed by atoms with Gasteiger partial charge in [0.25, 0.3) is 0 Å². The molecule has 1 aliphatic rings. The molecule has 1 saturated heterocycles. The average molecular weight is 279 g/mol. The summed E-state index contributed by atoms with van der Waals surface area (Å²) in [4.78, 5) is 22.9. The smallest absolute Gasteiger partial charge is 0.339 e. The van der Waals surface area contributed by atoms with Crippen LogP contribution in [0.1, 0.15) is 28.8 Å². The number of carboxylic acid groups (broad SMARTS) is 1. The lowest BCUT2D eigenvalue weighted by Crippen LogP contribution is -2.33. The number of carbonyl (C=O) groups is 2. The molecule has 0 aliphatic carbocycles. The molecule has 1 aromatic rings. The van der Waals surface area contributed by atoms with Crippen molar-refractivity contribution < 1.29 is 24.2 Å². The minimum atomic E-state index is -1.06. The van der Waals surface area contributed by atoms with Gasteiger partial charge in [-0.2, -0.15) is 0 Å². The number of amides is 1. The number of rotatable bonds is 5. The first-order chi connectivity index (χ1) is 9.61. The van der Waals surface area contributed by atoms with E-state index in [0.717, 1.165) is 12.8 Å². The number of nitrogens with one attached hydrogen (secondary N) is 1. The van der Waals surface area contributed by atoms with Crippen LogP contribution in [0.4, 0.5) is 0 Å². The third-order valence-corrected chi connectivity index (χ3v) is 3.18. The summed E-state index contributed by atoms with van der Waals surface area (Å²) in [6, 6.07) is 4.80. The Kier molecular flexibility index (Phi) is 4.57. The highest BCUT2D eigenvalue weighted by Gasteiger charge is 2.23. The molecule has 0 radical (unpaired) electrons. The number of benzene rings is 1. The molecule has 1 amide bonds. The zero-order valence-corrected chi connectivity index (χ0v) is 11.2. The summed E-state index contributed by atoms with van der Waals surface area (Å²) in [6.07, 6.45) is 1.24. The summed E-state index contributed by atoms with van der Waals surface area (Å²) in [5.41, 5.74) is 0.783. The van der Waals surface area contributed by atoms with Crippen molar-refractivity contribution in [2.45, 2.75) is 25.5 Å². The maximum atomic E-state index is 11.8. The van der Waals surface area contributed by atoms with Crippen molar-refractivity contribution in [1.82, 2.24) is 5.32 Å². The summed E-state index contributed by atoms with van der Waals surface area (Å²) in [5, 5.41) is 11.8. The normalized spacial score (nSPS) is 17.8. The second-order valence-electron chi connectivity index (χ2n) is 4.56. The number of carboxylic acids is 1. The fourth-order valence-corrected chi connectivity index (χ4v) is 2.12. The van der Waals surface area contributed by atoms with Gasteiger partial charge >= 0.3 is 5.97 Å². The van der Waals surface area contributed by atoms with Crippen LogP contribution in [-0.2, 0) is 16.1 Å². The average Bonchev–Trinajstić information content (AvgIpc) is 2.98. The summed E-state index contributed by atoms with van der Waals surface area (Å²) >= 11 is 0. The highest BCUT2D eigenvalue weighted by Crippen LogP contribution is 2.20. The third kappa shape index (κ3) is 3.27. The van der Waals surface area contributed by atoms with Gasteiger partial charge < -0.3 is 19.9 Å². The van der Waals surface area contributed by atoms with E-state index in [1.807, 2.05) is 0 Å². The molecule has 6 nitrogen and oxygen atoms in total. The van der Waals surface area contributed by atoms with Gasteiger partial charge in [0, 0.05) is 13.2 Å². The SMILES string of the molecule is COc1ccc(CNC(=O)C2CCCO2)cc1C(=O)O. The molecule has 1 unspecified atom stereocenters. The fourth-order valence-electron chi connectivity index (χ4n) is 2.12. The molecule has 0 spiro atoms. The minimum Gasteiger partial charge on any atom is -0.496 e. The van der Waals surface area contributed by atoms with Crippen molar-refractivity contribution in [1.29, 1.82) is 0 Å². The van der Waals surface area contributed by atoms with Gasteiger partial charge in [-0.25, -0.2) is 4.79 Å². The Morgan fingerprint density at radius 3 is 2.90 bits per heavy atom. The zero-order chi connectivity index (χ0) is 14.5. The fraction of sp³-hybridized carbons (Fsp3) is 0.429. The molecule has 2 N–H and O–H groups in total. The number of carbonyl (C=O) groups excluding carboxylic acids is 1. The largest absolute Gasteiger partial charge is 0.496 e. The van der Waals surface area contributed by atoms with E-state index in [1.165, 1.54) is 13.2 Å². The molecule has 1 atom stereocenters. The van der Waals surface area contributed by atoms with Crippen LogP contribution in [-0.4, -0.2) is 36.8 Å². The van der Waals surface area contributed by atoms with E-state index in [0.29, 0.717) is 17.9 Å². The maximum Gasteiger partial charge on any atom is 0.339 e. The molecular weight excluding hydrogens is 262 g/mol. The molecular formula is C14H17NO5. The summed E-state index contributed by atoms with van der Waals surface area (Å²) < 4.78 is 10.3. The van der Waals surface area contributed by atoms with Crippen LogP contribution in [0.3, 0.4) is 0 Å². The second-order valence-corrected chi connectivity index (χ2v) is 4.56. The Morgan fingerprint density at radius 1 is 1.50 bits per heavy atom. The number of hydrogen-bond acceptors (Lipinski definition) is 4. The van der Waals surface area contributed by atoms with Crippen LogP contribution < -0.4 is 10.1 Å². The standard InChI is InChI=1S/C14H17NO5/c1-19-11-5-4-9(7-10(11)14(17)18)8-15-13(16)12-3-2-6-20-12/h4-5,7,12H,2-3,6,8H2,1H3,(H,15,16)(H,17,18). The highest BCUT2D eigenvalue weighted by atomic mass is 16.5. The van der Waals surface area contributed by atoms with E-state index < -0.39 is 5.97 Å². The van der Waals surface area contributed by atoms with E-state index in [4.69, 9.17) is 14.6 Å². The molecule has 2 rings (SSSR count). The third-order valence-electron chi connectivity index (χ3n) is 3.18. The predicted molar refractivity (Wildman–Crippen MR) is 70.8 cm³/mol. The van der Waals surface area contributed by atoms with Gasteiger partial charge in [-0.05, 0) is 30.5 Å². The molecule has 1 aromatic carbocycles. The number of methoxy groups -OCH3 is 1. The van der Waals surface area contributed by atoms with E-state index in [-0.39, 0.29) is 24.1 Å². The van der Waals surface area contributed by atoms with Gasteiger partial charge in [0.15, 0.2) is 0 Å². The summed E-state index contributed by atoms with van der Waals surface area (Å²) in [5.74, 6) is -0.920. The lowest BCUT2D eigenvalue weighted by Gasteiger charge is -2.11. The van der Waals surface area contributed by atoms with Crippen molar-refractivity contribution in [2.75, 3.05) is 13.7 Å². The molecule has 1 aliphatic heterocycles. The quantitative estimate of drug-likeness (QED) is 0.845. The van der Waals surface area contributed by atoms with Crippen LogP contribution in [0.15, 0.2) is 18.2 Å². The van der Waals surface area contributed by atoms with Gasteiger partial charge in [-0.15, -0.1) is 0 Å². The van der Waals surface area contributed by atoms with Crippen molar-refractivity contribution >= 4 is 11.9 Å². The molecule has 0 saturated carbocycles. The van der Waals surface area contributed by atoms with Crippen LogP contribution in [0, 0.1) is 0 Å². The van der Waals surface area contributed by atoms with E-state index in [9.17, 15) is 9.59 Å². The Labute approximate surface area is 116 Å². The number of hydrogen-bond donors (Lipinski definition) is 2. The van der Waals surface area contributed by atoms with E-state index >= 15 is 0 Å². The molecule has 0 aromatic heterocycles. The lowest BCUT2D eigenvalue weighted by molar-refractivity contribution is -0.130. The van der Waals surface area contributed by atoms with E-state index in [1.54, 1.807) is 12.1 Å². The van der Waals surface area contributed by atoms with Crippen LogP contribution >= 0.6 is 0 Å². The van der Waals surface area contributed by atoms with Crippen LogP contribution in [0.25, 0.3) is 0 Å². The topological polar surface area (TPSA) is 84.9 Å². The predicted octanol–water partition coefficient (Wildman–Crippen LogP) is 1.19. The van der Waals surface area contributed by atoms with Gasteiger partial charge in [-0.3, -0.25) is 4.79 Å². The van der Waals surface area contributed by atoms with Gasteiger partial charge in [0.2, 0.25) is 5.91 Å². The zero-order valence-electron chi connectivity index (χ0n) is 11.2. The second kappa shape index (κ2) is 6.38. The summed E-state index contributed by atoms with van der Waals surface area (Å²) in [7, 11) is 1.42. The van der Waals surface area contributed by atoms with Gasteiger partial charge in [-0.1, -0.05) is 6.07 Å². The Balaban J connectivity index is 2.00. The van der Waals surface area contributed by atoms with Crippen molar-refractivity contribution in [3.8, 4) is 5.75 Å². The summed E-state index contributed by atoms with van der Waals surface area (Å²) in [6.45, 7) is 0.882. The highest BCUT2D eigenvalue weighted by molar-refractivity contribution is 5.91. The number of ether oxygens (including phenoxy) is 2. The van der Waals surface area contributed by atoms with E-state index in [2.05, 4.69) is 5.32 Å². The van der Waals surface area contributed by atoms with Crippen LogP contribution in [0.5, 0.6) is 5.75 Å². The first-order valence-electron chi connectivity index (χ1n) is 6.41. The Bertz CT molecular complexity index is 508. The van der Waals surface area contributed by atoms with Gasteiger partial charge in [0.1, 0.15) is 17.4 Å². The number of aromatic carboxylic acids is 1. The first-order valence-corrected chi connectivity index (χ1v) is 6.41. The molecule has 20 heavy (non-hydrogen) atoms.